The van der Waals surface area contributed by atoms with Crippen molar-refractivity contribution < 1.29 is 4.79 Å². The summed E-state index contributed by atoms with van der Waals surface area (Å²) in [6, 6.07) is -0.362. The van der Waals surface area contributed by atoms with Crippen LogP contribution in [0.2, 0.25) is 0 Å². The number of anilines is 2. The second-order valence-electron chi connectivity index (χ2n) is 5.34. The fourth-order valence-electron chi connectivity index (χ4n) is 1.78. The van der Waals surface area contributed by atoms with Crippen molar-refractivity contribution in [1.29, 1.82) is 0 Å². The van der Waals surface area contributed by atoms with Gasteiger partial charge in [-0.2, -0.15) is 0 Å². The van der Waals surface area contributed by atoms with Gasteiger partial charge in [0.1, 0.15) is 24.0 Å². The van der Waals surface area contributed by atoms with Crippen LogP contribution >= 0.6 is 0 Å². The molecule has 0 aliphatic carbocycles. The normalized spacial score (nSPS) is 12.2. The molecule has 0 bridgehead atoms. The number of hydrogen-bond donors (Lipinski definition) is 3. The first-order chi connectivity index (χ1) is 9.45. The molecule has 0 aliphatic heterocycles. The molecule has 6 nitrogen and oxygen atoms in total. The van der Waals surface area contributed by atoms with E-state index in [9.17, 15) is 4.79 Å². The monoisotopic (exact) mass is 279 g/mol. The van der Waals surface area contributed by atoms with Crippen molar-refractivity contribution in [3.63, 3.8) is 0 Å². The molecule has 112 valence electrons. The third-order valence-electron chi connectivity index (χ3n) is 2.91. The number of nitrogens with zero attached hydrogens (tertiary/aromatic N) is 2. The Hall–Kier alpha value is -1.85. The van der Waals surface area contributed by atoms with Gasteiger partial charge >= 0.3 is 0 Å². The highest BCUT2D eigenvalue weighted by molar-refractivity contribution is 5.84. The van der Waals surface area contributed by atoms with E-state index in [1.54, 1.807) is 0 Å². The molecule has 0 radical (unpaired) electrons. The van der Waals surface area contributed by atoms with Gasteiger partial charge in [0, 0.05) is 12.1 Å². The zero-order chi connectivity index (χ0) is 15.1. The number of nitrogen functional groups attached to an aromatic ring is 1. The van der Waals surface area contributed by atoms with E-state index in [-0.39, 0.29) is 11.9 Å². The SMILES string of the molecule is CCCc1c(N)ncnc1NC(C)C(=O)NCC(C)C. The van der Waals surface area contributed by atoms with E-state index in [0.29, 0.717) is 24.1 Å². The molecule has 1 rings (SSSR count). The first-order valence-electron chi connectivity index (χ1n) is 7.09. The fraction of sp³-hybridized carbons (Fsp3) is 0.643. The molecule has 0 spiro atoms. The first-order valence-corrected chi connectivity index (χ1v) is 7.09. The van der Waals surface area contributed by atoms with Crippen LogP contribution in [-0.4, -0.2) is 28.5 Å². The van der Waals surface area contributed by atoms with Gasteiger partial charge in [-0.15, -0.1) is 0 Å². The summed E-state index contributed by atoms with van der Waals surface area (Å²) in [4.78, 5) is 20.1. The molecular weight excluding hydrogens is 254 g/mol. The average Bonchev–Trinajstić information content (AvgIpc) is 2.39. The van der Waals surface area contributed by atoms with Crippen LogP contribution in [0.1, 0.15) is 39.7 Å². The topological polar surface area (TPSA) is 92.9 Å². The molecule has 0 aromatic carbocycles. The molecule has 0 fully saturated rings. The molecule has 0 aliphatic rings. The summed E-state index contributed by atoms with van der Waals surface area (Å²) in [5.41, 5.74) is 6.74. The lowest BCUT2D eigenvalue weighted by Crippen LogP contribution is -2.39. The molecule has 20 heavy (non-hydrogen) atoms. The Morgan fingerprint density at radius 1 is 1.35 bits per heavy atom. The predicted octanol–water partition coefficient (Wildman–Crippen LogP) is 1.58. The summed E-state index contributed by atoms with van der Waals surface area (Å²) in [6.45, 7) is 8.66. The Morgan fingerprint density at radius 2 is 2.05 bits per heavy atom. The lowest BCUT2D eigenvalue weighted by atomic mass is 10.1. The maximum Gasteiger partial charge on any atom is 0.242 e. The fourth-order valence-corrected chi connectivity index (χ4v) is 1.78. The molecule has 0 saturated carbocycles. The predicted molar refractivity (Wildman–Crippen MR) is 81.4 cm³/mol. The van der Waals surface area contributed by atoms with Gasteiger partial charge in [-0.3, -0.25) is 4.79 Å². The minimum Gasteiger partial charge on any atom is -0.383 e. The van der Waals surface area contributed by atoms with Gasteiger partial charge in [-0.25, -0.2) is 9.97 Å². The second kappa shape index (κ2) is 7.67. The molecule has 0 saturated heterocycles. The highest BCUT2D eigenvalue weighted by Crippen LogP contribution is 2.19. The molecule has 1 atom stereocenters. The van der Waals surface area contributed by atoms with Crippen LogP contribution in [0.5, 0.6) is 0 Å². The van der Waals surface area contributed by atoms with Gasteiger partial charge in [-0.05, 0) is 19.3 Å². The molecule has 6 heteroatoms. The summed E-state index contributed by atoms with van der Waals surface area (Å²) >= 11 is 0. The van der Waals surface area contributed by atoms with Gasteiger partial charge in [-0.1, -0.05) is 27.2 Å². The first kappa shape index (κ1) is 16.2. The van der Waals surface area contributed by atoms with E-state index < -0.39 is 0 Å². The van der Waals surface area contributed by atoms with E-state index in [0.717, 1.165) is 18.4 Å². The molecule has 1 unspecified atom stereocenters. The van der Waals surface area contributed by atoms with Crippen molar-refractivity contribution in [2.75, 3.05) is 17.6 Å². The number of carbonyl (C=O) groups excluding carboxylic acids is 1. The summed E-state index contributed by atoms with van der Waals surface area (Å²) in [5, 5.41) is 6.01. The lowest BCUT2D eigenvalue weighted by molar-refractivity contribution is -0.121. The smallest absolute Gasteiger partial charge is 0.242 e. The molecule has 4 N–H and O–H groups in total. The quantitative estimate of drug-likeness (QED) is 0.704. The van der Waals surface area contributed by atoms with Crippen molar-refractivity contribution >= 4 is 17.5 Å². The van der Waals surface area contributed by atoms with Gasteiger partial charge in [0.15, 0.2) is 0 Å². The Balaban J connectivity index is 2.72. The molecule has 1 aromatic heterocycles. The Labute approximate surface area is 120 Å². The Morgan fingerprint density at radius 3 is 2.65 bits per heavy atom. The number of aromatic nitrogens is 2. The summed E-state index contributed by atoms with van der Waals surface area (Å²) in [6.07, 6.45) is 3.14. The number of amides is 1. The third-order valence-corrected chi connectivity index (χ3v) is 2.91. The Kier molecular flexibility index (Phi) is 6.21. The van der Waals surface area contributed by atoms with E-state index >= 15 is 0 Å². The molecule has 1 aromatic rings. The van der Waals surface area contributed by atoms with Gasteiger partial charge in [0.2, 0.25) is 5.91 Å². The number of rotatable bonds is 7. The maximum absolute atomic E-state index is 12.0. The minimum absolute atomic E-state index is 0.0432. The van der Waals surface area contributed by atoms with Crippen LogP contribution in [-0.2, 0) is 11.2 Å². The van der Waals surface area contributed by atoms with Gasteiger partial charge < -0.3 is 16.4 Å². The van der Waals surface area contributed by atoms with Crippen molar-refractivity contribution in [3.8, 4) is 0 Å². The molecular formula is C14H25N5O. The van der Waals surface area contributed by atoms with Gasteiger partial charge in [0.05, 0.1) is 0 Å². The second-order valence-corrected chi connectivity index (χ2v) is 5.34. The van der Waals surface area contributed by atoms with Crippen LogP contribution in [0.25, 0.3) is 0 Å². The van der Waals surface area contributed by atoms with Crippen LogP contribution in [0.15, 0.2) is 6.33 Å². The van der Waals surface area contributed by atoms with E-state index in [2.05, 4.69) is 41.4 Å². The van der Waals surface area contributed by atoms with Crippen LogP contribution in [0.4, 0.5) is 11.6 Å². The van der Waals surface area contributed by atoms with Crippen LogP contribution in [0.3, 0.4) is 0 Å². The minimum atomic E-state index is -0.362. The number of hydrogen-bond acceptors (Lipinski definition) is 5. The van der Waals surface area contributed by atoms with Crippen molar-refractivity contribution in [2.45, 2.75) is 46.6 Å². The number of nitrogens with one attached hydrogen (secondary N) is 2. The number of nitrogens with two attached hydrogens (primary N) is 1. The van der Waals surface area contributed by atoms with Crippen molar-refractivity contribution in [1.82, 2.24) is 15.3 Å². The largest absolute Gasteiger partial charge is 0.383 e. The van der Waals surface area contributed by atoms with Crippen LogP contribution < -0.4 is 16.4 Å². The standard InChI is InChI=1S/C14H25N5O/c1-5-6-11-12(15)17-8-18-13(11)19-10(4)14(20)16-7-9(2)3/h8-10H,5-7H2,1-4H3,(H,16,20)(H3,15,17,18,19). The molecule has 1 amide bonds. The lowest BCUT2D eigenvalue weighted by Gasteiger charge is -2.18. The average molecular weight is 279 g/mol. The van der Waals surface area contributed by atoms with Crippen molar-refractivity contribution in [3.05, 3.63) is 11.9 Å². The third kappa shape index (κ3) is 4.68. The zero-order valence-corrected chi connectivity index (χ0v) is 12.7. The highest BCUT2D eigenvalue weighted by Gasteiger charge is 2.16. The summed E-state index contributed by atoms with van der Waals surface area (Å²) in [5.74, 6) is 1.50. The maximum atomic E-state index is 12.0. The number of carbonyl (C=O) groups is 1. The summed E-state index contributed by atoms with van der Waals surface area (Å²) < 4.78 is 0. The zero-order valence-electron chi connectivity index (χ0n) is 12.7. The van der Waals surface area contributed by atoms with E-state index in [4.69, 9.17) is 5.73 Å². The Bertz CT molecular complexity index is 447. The van der Waals surface area contributed by atoms with Gasteiger partial charge in [0.25, 0.3) is 0 Å². The van der Waals surface area contributed by atoms with Crippen molar-refractivity contribution in [2.24, 2.45) is 5.92 Å². The molecule has 1 heterocycles. The van der Waals surface area contributed by atoms with Crippen LogP contribution in [0, 0.1) is 5.92 Å². The van der Waals surface area contributed by atoms with E-state index in [1.807, 2.05) is 6.92 Å². The highest BCUT2D eigenvalue weighted by atomic mass is 16.2. The van der Waals surface area contributed by atoms with E-state index in [1.165, 1.54) is 6.33 Å². The summed E-state index contributed by atoms with van der Waals surface area (Å²) in [7, 11) is 0.